The molecule has 2 aromatic heterocycles. The molecule has 25 heavy (non-hydrogen) atoms. The molecule has 0 fully saturated rings. The number of thiazole rings is 1. The number of hydrogen-bond donors (Lipinski definition) is 1. The second-order valence-corrected chi connectivity index (χ2v) is 7.57. The van der Waals surface area contributed by atoms with E-state index in [0.717, 1.165) is 29.1 Å². The van der Waals surface area contributed by atoms with Gasteiger partial charge in [-0.2, -0.15) is 5.10 Å². The van der Waals surface area contributed by atoms with Crippen LogP contribution in [0.3, 0.4) is 0 Å². The number of fused-ring (bicyclic) bond motifs is 1. The normalized spacial score (nSPS) is 13.5. The quantitative estimate of drug-likeness (QED) is 0.779. The molecule has 1 aliphatic carbocycles. The summed E-state index contributed by atoms with van der Waals surface area (Å²) in [5.41, 5.74) is 3.79. The van der Waals surface area contributed by atoms with E-state index in [-0.39, 0.29) is 5.91 Å². The number of nitrogens with one attached hydrogen (secondary N) is 1. The highest BCUT2D eigenvalue weighted by Crippen LogP contribution is 2.27. The summed E-state index contributed by atoms with van der Waals surface area (Å²) < 4.78 is 0. The van der Waals surface area contributed by atoms with Crippen LogP contribution in [0.15, 0.2) is 36.5 Å². The minimum atomic E-state index is 0.00883. The van der Waals surface area contributed by atoms with E-state index in [1.165, 1.54) is 23.4 Å². The number of benzene rings is 1. The fourth-order valence-corrected chi connectivity index (χ4v) is 4.41. The third-order valence-electron chi connectivity index (χ3n) is 4.53. The number of nitrogens with zero attached hydrogens (tertiary/aromatic N) is 3. The first-order valence-corrected chi connectivity index (χ1v) is 9.35. The Bertz CT molecular complexity index is 861. The van der Waals surface area contributed by atoms with Crippen molar-refractivity contribution in [2.75, 3.05) is 7.05 Å². The van der Waals surface area contributed by atoms with Gasteiger partial charge in [0.2, 0.25) is 0 Å². The van der Waals surface area contributed by atoms with E-state index in [2.05, 4.69) is 10.2 Å². The van der Waals surface area contributed by atoms with E-state index in [9.17, 15) is 4.79 Å². The van der Waals surface area contributed by atoms with Crippen molar-refractivity contribution in [3.05, 3.63) is 57.7 Å². The van der Waals surface area contributed by atoms with Gasteiger partial charge in [-0.05, 0) is 43.9 Å². The molecular weight excluding hydrogens is 332 g/mol. The van der Waals surface area contributed by atoms with Gasteiger partial charge in [-0.25, -0.2) is 4.98 Å². The molecular formula is C19H20N4OS. The topological polar surface area (TPSA) is 61.9 Å². The van der Waals surface area contributed by atoms with E-state index < -0.39 is 0 Å². The van der Waals surface area contributed by atoms with Crippen molar-refractivity contribution >= 4 is 17.2 Å². The van der Waals surface area contributed by atoms with Crippen LogP contribution in [0.25, 0.3) is 11.3 Å². The van der Waals surface area contributed by atoms with Gasteiger partial charge in [0, 0.05) is 29.2 Å². The van der Waals surface area contributed by atoms with Gasteiger partial charge in [0.15, 0.2) is 0 Å². The van der Waals surface area contributed by atoms with Gasteiger partial charge in [0.05, 0.1) is 17.9 Å². The Morgan fingerprint density at radius 3 is 2.96 bits per heavy atom. The van der Waals surface area contributed by atoms with Crippen molar-refractivity contribution in [2.24, 2.45) is 0 Å². The van der Waals surface area contributed by atoms with Crippen molar-refractivity contribution in [2.45, 2.75) is 32.2 Å². The summed E-state index contributed by atoms with van der Waals surface area (Å²) in [6, 6.07) is 9.52. The zero-order valence-corrected chi connectivity index (χ0v) is 15.0. The highest BCUT2D eigenvalue weighted by Gasteiger charge is 2.18. The number of hydrogen-bond acceptors (Lipinski definition) is 4. The second-order valence-electron chi connectivity index (χ2n) is 6.40. The van der Waals surface area contributed by atoms with E-state index in [1.54, 1.807) is 22.4 Å². The van der Waals surface area contributed by atoms with Crippen molar-refractivity contribution in [1.29, 1.82) is 0 Å². The average Bonchev–Trinajstić information content (AvgIpc) is 3.30. The molecule has 1 N–H and O–H groups in total. The molecule has 0 unspecified atom stereocenters. The molecule has 1 aromatic carbocycles. The van der Waals surface area contributed by atoms with E-state index in [4.69, 9.17) is 4.98 Å². The van der Waals surface area contributed by atoms with Crippen LogP contribution in [0.5, 0.6) is 0 Å². The Morgan fingerprint density at radius 1 is 1.28 bits per heavy atom. The van der Waals surface area contributed by atoms with Crippen molar-refractivity contribution in [3.8, 4) is 11.3 Å². The van der Waals surface area contributed by atoms with Crippen molar-refractivity contribution in [3.63, 3.8) is 0 Å². The number of carbonyl (C=O) groups is 1. The van der Waals surface area contributed by atoms with Crippen LogP contribution in [0.2, 0.25) is 0 Å². The molecule has 128 valence electrons. The Morgan fingerprint density at radius 2 is 2.16 bits per heavy atom. The largest absolute Gasteiger partial charge is 0.335 e. The van der Waals surface area contributed by atoms with Crippen LogP contribution in [0.4, 0.5) is 0 Å². The standard InChI is InChI=1S/C19H20N4OS/c1-23(12-18-21-16-7-2-3-8-17(16)25-18)19(24)14-6-4-5-13(11-14)15-9-10-20-22-15/h4-6,9-11H,2-3,7-8,12H2,1H3,(H,20,22). The van der Waals surface area contributed by atoms with Crippen LogP contribution in [-0.4, -0.2) is 33.0 Å². The summed E-state index contributed by atoms with van der Waals surface area (Å²) in [5.74, 6) is 0.00883. The lowest BCUT2D eigenvalue weighted by Gasteiger charge is -2.16. The fraction of sp³-hybridized carbons (Fsp3) is 0.316. The van der Waals surface area contributed by atoms with Gasteiger partial charge in [-0.15, -0.1) is 11.3 Å². The molecule has 1 aliphatic rings. The Labute approximate surface area is 150 Å². The third kappa shape index (κ3) is 3.35. The summed E-state index contributed by atoms with van der Waals surface area (Å²) >= 11 is 1.76. The maximum atomic E-state index is 12.8. The van der Waals surface area contributed by atoms with E-state index in [1.807, 2.05) is 37.4 Å². The molecule has 6 heteroatoms. The predicted octanol–water partition coefficient (Wildman–Crippen LogP) is 3.68. The molecule has 0 radical (unpaired) electrons. The van der Waals surface area contributed by atoms with Crippen molar-refractivity contribution < 1.29 is 4.79 Å². The molecule has 0 aliphatic heterocycles. The Balaban J connectivity index is 1.50. The first-order chi connectivity index (χ1) is 12.2. The highest BCUT2D eigenvalue weighted by molar-refractivity contribution is 7.11. The van der Waals surface area contributed by atoms with Gasteiger partial charge in [-0.1, -0.05) is 12.1 Å². The molecule has 0 bridgehead atoms. The zero-order chi connectivity index (χ0) is 17.2. The van der Waals surface area contributed by atoms with Gasteiger partial charge in [-0.3, -0.25) is 9.89 Å². The highest BCUT2D eigenvalue weighted by atomic mass is 32.1. The molecule has 4 rings (SSSR count). The van der Waals surface area contributed by atoms with Crippen LogP contribution in [-0.2, 0) is 19.4 Å². The molecule has 1 amide bonds. The molecule has 2 heterocycles. The number of H-pyrrole nitrogens is 1. The summed E-state index contributed by atoms with van der Waals surface area (Å²) in [4.78, 5) is 20.7. The van der Waals surface area contributed by atoms with Gasteiger partial charge < -0.3 is 4.90 Å². The number of rotatable bonds is 4. The lowest BCUT2D eigenvalue weighted by molar-refractivity contribution is 0.0785. The van der Waals surface area contributed by atoms with E-state index >= 15 is 0 Å². The second kappa shape index (κ2) is 6.80. The number of aromatic amines is 1. The minimum absolute atomic E-state index is 0.00883. The lowest BCUT2D eigenvalue weighted by atomic mass is 10.0. The number of carbonyl (C=O) groups excluding carboxylic acids is 1. The lowest BCUT2D eigenvalue weighted by Crippen LogP contribution is -2.26. The summed E-state index contributed by atoms with van der Waals surface area (Å²) in [6.07, 6.45) is 6.40. The fourth-order valence-electron chi connectivity index (χ4n) is 3.20. The molecule has 0 atom stereocenters. The Hall–Kier alpha value is -2.47. The molecule has 0 spiro atoms. The first kappa shape index (κ1) is 16.0. The van der Waals surface area contributed by atoms with Crippen LogP contribution >= 0.6 is 11.3 Å². The van der Waals surface area contributed by atoms with Crippen LogP contribution in [0.1, 0.15) is 38.8 Å². The number of aromatic nitrogens is 3. The maximum absolute atomic E-state index is 12.8. The average molecular weight is 352 g/mol. The molecule has 0 saturated heterocycles. The van der Waals surface area contributed by atoms with Gasteiger partial charge in [0.1, 0.15) is 5.01 Å². The summed E-state index contributed by atoms with van der Waals surface area (Å²) in [7, 11) is 1.84. The first-order valence-electron chi connectivity index (χ1n) is 8.53. The minimum Gasteiger partial charge on any atom is -0.335 e. The zero-order valence-electron chi connectivity index (χ0n) is 14.2. The molecule has 0 saturated carbocycles. The predicted molar refractivity (Wildman–Crippen MR) is 98.6 cm³/mol. The summed E-state index contributed by atoms with van der Waals surface area (Å²) in [5, 5.41) is 7.94. The van der Waals surface area contributed by atoms with Crippen LogP contribution in [0, 0.1) is 0 Å². The third-order valence-corrected chi connectivity index (χ3v) is 5.67. The number of amides is 1. The van der Waals surface area contributed by atoms with Gasteiger partial charge in [0.25, 0.3) is 5.91 Å². The van der Waals surface area contributed by atoms with Crippen molar-refractivity contribution in [1.82, 2.24) is 20.1 Å². The molecule has 3 aromatic rings. The summed E-state index contributed by atoms with van der Waals surface area (Å²) in [6.45, 7) is 0.560. The molecule has 5 nitrogen and oxygen atoms in total. The SMILES string of the molecule is CN(Cc1nc2c(s1)CCCC2)C(=O)c1cccc(-c2ccn[nH]2)c1. The van der Waals surface area contributed by atoms with Gasteiger partial charge >= 0.3 is 0 Å². The van der Waals surface area contributed by atoms with Crippen LogP contribution < -0.4 is 0 Å². The smallest absolute Gasteiger partial charge is 0.253 e. The van der Waals surface area contributed by atoms with E-state index in [0.29, 0.717) is 12.1 Å². The monoisotopic (exact) mass is 352 g/mol. The maximum Gasteiger partial charge on any atom is 0.253 e. The number of aryl methyl sites for hydroxylation is 2. The Kier molecular flexibility index (Phi) is 4.36.